The predicted molar refractivity (Wildman–Crippen MR) is 83.3 cm³/mol. The van der Waals surface area contributed by atoms with Crippen LogP contribution in [0.5, 0.6) is 0 Å². The molecule has 2 heteroatoms. The number of hydrogen-bond donors (Lipinski definition) is 1. The number of para-hydroxylation sites is 1. The van der Waals surface area contributed by atoms with E-state index >= 15 is 0 Å². The molecule has 21 heavy (non-hydrogen) atoms. The van der Waals surface area contributed by atoms with Crippen molar-refractivity contribution in [2.75, 3.05) is 0 Å². The molecular formula is C19H18O2. The first kappa shape index (κ1) is 12.7. The van der Waals surface area contributed by atoms with E-state index < -0.39 is 6.10 Å². The summed E-state index contributed by atoms with van der Waals surface area (Å²) in [7, 11) is 0. The van der Waals surface area contributed by atoms with Crippen LogP contribution in [-0.4, -0.2) is 5.11 Å². The van der Waals surface area contributed by atoms with Crippen LogP contribution in [0.3, 0.4) is 0 Å². The van der Waals surface area contributed by atoms with Crippen molar-refractivity contribution in [3.63, 3.8) is 0 Å². The van der Waals surface area contributed by atoms with Crippen molar-refractivity contribution in [3.8, 4) is 0 Å². The lowest BCUT2D eigenvalue weighted by Gasteiger charge is -2.15. The second-order valence-electron chi connectivity index (χ2n) is 6.02. The van der Waals surface area contributed by atoms with Crippen LogP contribution in [0.15, 0.2) is 52.9 Å². The maximum Gasteiger partial charge on any atom is 0.137 e. The van der Waals surface area contributed by atoms with E-state index in [4.69, 9.17) is 4.42 Å². The van der Waals surface area contributed by atoms with Gasteiger partial charge in [0, 0.05) is 11.3 Å². The monoisotopic (exact) mass is 278 g/mol. The van der Waals surface area contributed by atoms with Crippen LogP contribution in [0.25, 0.3) is 11.0 Å². The standard InChI is InChI=1S/C19H18O2/c1-12-5-4-8-15-11-17(21-19(12)15)18(20)16-9-13-6-2-3-7-14(13)10-16/h2-8,11,16,18,20H,9-10H2,1H3. The highest BCUT2D eigenvalue weighted by Crippen LogP contribution is 2.37. The van der Waals surface area contributed by atoms with E-state index in [-0.39, 0.29) is 5.92 Å². The summed E-state index contributed by atoms with van der Waals surface area (Å²) < 4.78 is 5.92. The van der Waals surface area contributed by atoms with Gasteiger partial charge in [0.1, 0.15) is 17.4 Å². The van der Waals surface area contributed by atoms with Crippen molar-refractivity contribution >= 4 is 11.0 Å². The van der Waals surface area contributed by atoms with Gasteiger partial charge in [-0.1, -0.05) is 42.5 Å². The molecule has 106 valence electrons. The van der Waals surface area contributed by atoms with Crippen molar-refractivity contribution in [3.05, 3.63) is 71.0 Å². The van der Waals surface area contributed by atoms with Crippen LogP contribution in [0.4, 0.5) is 0 Å². The highest BCUT2D eigenvalue weighted by Gasteiger charge is 2.30. The van der Waals surface area contributed by atoms with Crippen LogP contribution in [0.1, 0.15) is 28.6 Å². The maximum absolute atomic E-state index is 10.7. The van der Waals surface area contributed by atoms with Crippen LogP contribution in [-0.2, 0) is 12.8 Å². The number of rotatable bonds is 2. The summed E-state index contributed by atoms with van der Waals surface area (Å²) in [5.74, 6) is 0.903. The maximum atomic E-state index is 10.7. The zero-order valence-electron chi connectivity index (χ0n) is 12.0. The topological polar surface area (TPSA) is 33.4 Å². The Bertz CT molecular complexity index is 775. The largest absolute Gasteiger partial charge is 0.458 e. The average molecular weight is 278 g/mol. The molecule has 1 atom stereocenters. The first-order chi connectivity index (χ1) is 10.2. The highest BCUT2D eigenvalue weighted by molar-refractivity contribution is 5.80. The average Bonchev–Trinajstić information content (AvgIpc) is 3.11. The van der Waals surface area contributed by atoms with E-state index in [1.54, 1.807) is 0 Å². The molecule has 1 aromatic heterocycles. The molecule has 1 aliphatic rings. The molecule has 4 rings (SSSR count). The van der Waals surface area contributed by atoms with Gasteiger partial charge in [0.25, 0.3) is 0 Å². The Hall–Kier alpha value is -2.06. The summed E-state index contributed by atoms with van der Waals surface area (Å²) in [6, 6.07) is 16.5. The smallest absolute Gasteiger partial charge is 0.137 e. The summed E-state index contributed by atoms with van der Waals surface area (Å²) in [6.45, 7) is 2.04. The lowest BCUT2D eigenvalue weighted by atomic mass is 9.97. The van der Waals surface area contributed by atoms with Crippen molar-refractivity contribution in [2.24, 2.45) is 5.92 Å². The van der Waals surface area contributed by atoms with Gasteiger partial charge < -0.3 is 9.52 Å². The summed E-state index contributed by atoms with van der Waals surface area (Å²) in [6.07, 6.45) is 1.31. The predicted octanol–water partition coefficient (Wildman–Crippen LogP) is 4.19. The van der Waals surface area contributed by atoms with Gasteiger partial charge in [0.05, 0.1) is 0 Å². The lowest BCUT2D eigenvalue weighted by molar-refractivity contribution is 0.0921. The molecule has 1 heterocycles. The number of aliphatic hydroxyl groups excluding tert-OH is 1. The Labute approximate surface area is 124 Å². The first-order valence-corrected chi connectivity index (χ1v) is 7.46. The molecule has 0 aliphatic heterocycles. The molecule has 1 aliphatic carbocycles. The van der Waals surface area contributed by atoms with Crippen LogP contribution >= 0.6 is 0 Å². The molecule has 3 aromatic rings. The van der Waals surface area contributed by atoms with Gasteiger partial charge in [-0.15, -0.1) is 0 Å². The Morgan fingerprint density at radius 2 is 1.76 bits per heavy atom. The minimum absolute atomic E-state index is 0.211. The fraction of sp³-hybridized carbons (Fsp3) is 0.263. The van der Waals surface area contributed by atoms with E-state index in [9.17, 15) is 5.11 Å². The molecule has 1 unspecified atom stereocenters. The normalized spacial score (nSPS) is 16.3. The second-order valence-corrected chi connectivity index (χ2v) is 6.02. The summed E-state index contributed by atoms with van der Waals surface area (Å²) >= 11 is 0. The second kappa shape index (κ2) is 4.74. The zero-order valence-corrected chi connectivity index (χ0v) is 12.0. The lowest BCUT2D eigenvalue weighted by Crippen LogP contribution is -2.12. The van der Waals surface area contributed by atoms with Gasteiger partial charge in [-0.3, -0.25) is 0 Å². The molecule has 0 bridgehead atoms. The quantitative estimate of drug-likeness (QED) is 0.762. The zero-order chi connectivity index (χ0) is 14.4. The van der Waals surface area contributed by atoms with Gasteiger partial charge in [0.2, 0.25) is 0 Å². The highest BCUT2D eigenvalue weighted by atomic mass is 16.4. The molecule has 1 N–H and O–H groups in total. The van der Waals surface area contributed by atoms with Gasteiger partial charge >= 0.3 is 0 Å². The molecule has 0 radical (unpaired) electrons. The van der Waals surface area contributed by atoms with Gasteiger partial charge in [0.15, 0.2) is 0 Å². The van der Waals surface area contributed by atoms with Crippen LogP contribution in [0.2, 0.25) is 0 Å². The number of aryl methyl sites for hydroxylation is 1. The minimum Gasteiger partial charge on any atom is -0.458 e. The first-order valence-electron chi connectivity index (χ1n) is 7.46. The SMILES string of the molecule is Cc1cccc2cc(C(O)C3Cc4ccccc4C3)oc12. The van der Waals surface area contributed by atoms with Gasteiger partial charge in [-0.25, -0.2) is 0 Å². The van der Waals surface area contributed by atoms with Crippen LogP contribution < -0.4 is 0 Å². The van der Waals surface area contributed by atoms with E-state index in [1.165, 1.54) is 11.1 Å². The number of fused-ring (bicyclic) bond motifs is 2. The van der Waals surface area contributed by atoms with Crippen LogP contribution in [0, 0.1) is 12.8 Å². The third-order valence-electron chi connectivity index (χ3n) is 4.58. The van der Waals surface area contributed by atoms with Gasteiger partial charge in [-0.2, -0.15) is 0 Å². The Morgan fingerprint density at radius 3 is 2.43 bits per heavy atom. The number of hydrogen-bond acceptors (Lipinski definition) is 2. The van der Waals surface area contributed by atoms with E-state index in [2.05, 4.69) is 24.3 Å². The molecular weight excluding hydrogens is 260 g/mol. The Kier molecular flexibility index (Phi) is 2.86. The molecule has 0 spiro atoms. The third kappa shape index (κ3) is 2.07. The number of aliphatic hydroxyl groups is 1. The molecule has 0 fully saturated rings. The van der Waals surface area contributed by atoms with E-state index in [0.717, 1.165) is 29.4 Å². The number of benzene rings is 2. The summed E-state index contributed by atoms with van der Waals surface area (Å²) in [4.78, 5) is 0. The number of furan rings is 1. The summed E-state index contributed by atoms with van der Waals surface area (Å²) in [5.41, 5.74) is 4.71. The van der Waals surface area contributed by atoms with E-state index in [0.29, 0.717) is 5.76 Å². The van der Waals surface area contributed by atoms with Crippen molar-refractivity contribution in [1.29, 1.82) is 0 Å². The van der Waals surface area contributed by atoms with E-state index in [1.807, 2.05) is 31.2 Å². The fourth-order valence-electron chi connectivity index (χ4n) is 3.42. The fourth-order valence-corrected chi connectivity index (χ4v) is 3.42. The van der Waals surface area contributed by atoms with Crippen molar-refractivity contribution < 1.29 is 9.52 Å². The van der Waals surface area contributed by atoms with Crippen molar-refractivity contribution in [2.45, 2.75) is 25.9 Å². The molecule has 2 nitrogen and oxygen atoms in total. The van der Waals surface area contributed by atoms with Gasteiger partial charge in [-0.05, 0) is 42.5 Å². The molecule has 0 amide bonds. The molecule has 0 saturated carbocycles. The Balaban J connectivity index is 1.66. The minimum atomic E-state index is -0.538. The summed E-state index contributed by atoms with van der Waals surface area (Å²) in [5, 5.41) is 11.8. The molecule has 0 saturated heterocycles. The Morgan fingerprint density at radius 1 is 1.05 bits per heavy atom. The third-order valence-corrected chi connectivity index (χ3v) is 4.58. The van der Waals surface area contributed by atoms with Crippen molar-refractivity contribution in [1.82, 2.24) is 0 Å². The molecule has 2 aromatic carbocycles.